The van der Waals surface area contributed by atoms with Gasteiger partial charge in [-0.1, -0.05) is 166 Å². The van der Waals surface area contributed by atoms with E-state index < -0.39 is 18.1 Å². The summed E-state index contributed by atoms with van der Waals surface area (Å²) in [5, 5.41) is 11.6. The van der Waals surface area contributed by atoms with E-state index in [4.69, 9.17) is 14.2 Å². The Balaban J connectivity index is 4.53. The molecule has 344 valence electrons. The molecule has 0 aliphatic rings. The second-order valence-electron chi connectivity index (χ2n) is 15.7. The van der Waals surface area contributed by atoms with Gasteiger partial charge in [0, 0.05) is 19.3 Å². The first-order valence-electron chi connectivity index (χ1n) is 22.9. The summed E-state index contributed by atoms with van der Waals surface area (Å²) in [5.74, 6) is -1.88. The van der Waals surface area contributed by atoms with Gasteiger partial charge in [0.05, 0.1) is 40.3 Å². The fourth-order valence-corrected chi connectivity index (χ4v) is 5.63. The molecule has 0 aromatic rings. The topological polar surface area (TPSA) is 102 Å². The summed E-state index contributed by atoms with van der Waals surface area (Å²) in [7, 11) is 5.36. The molecule has 2 unspecified atom stereocenters. The lowest BCUT2D eigenvalue weighted by molar-refractivity contribution is -0.889. The predicted molar refractivity (Wildman–Crippen MR) is 258 cm³/mol. The van der Waals surface area contributed by atoms with Crippen molar-refractivity contribution in [3.05, 3.63) is 146 Å². The van der Waals surface area contributed by atoms with E-state index in [2.05, 4.69) is 98.9 Å². The van der Waals surface area contributed by atoms with Gasteiger partial charge in [-0.25, -0.2) is 0 Å². The number of carbonyl (C=O) groups is 3. The van der Waals surface area contributed by atoms with E-state index in [0.717, 1.165) is 77.0 Å². The number of likely N-dealkylation sites (N-methyl/N-ethyl adjacent to an activating group) is 1. The van der Waals surface area contributed by atoms with Gasteiger partial charge in [-0.15, -0.1) is 0 Å². The maximum absolute atomic E-state index is 12.7. The smallest absolute Gasteiger partial charge is 0.306 e. The van der Waals surface area contributed by atoms with Crippen LogP contribution in [0.25, 0.3) is 0 Å². The monoisotopic (exact) mass is 856 g/mol. The van der Waals surface area contributed by atoms with Gasteiger partial charge in [0.25, 0.3) is 0 Å². The van der Waals surface area contributed by atoms with Crippen molar-refractivity contribution in [2.45, 2.75) is 135 Å². The van der Waals surface area contributed by atoms with Crippen molar-refractivity contribution >= 4 is 17.9 Å². The molecular weight excluding hydrogens is 775 g/mol. The van der Waals surface area contributed by atoms with E-state index >= 15 is 0 Å². The van der Waals surface area contributed by atoms with Gasteiger partial charge in [-0.3, -0.25) is 9.59 Å². The Morgan fingerprint density at radius 3 is 1.45 bits per heavy atom. The normalized spacial score (nSPS) is 14.3. The number of allylic oxidation sites excluding steroid dienone is 24. The summed E-state index contributed by atoms with van der Waals surface area (Å²) < 4.78 is 17.1. The van der Waals surface area contributed by atoms with Crippen LogP contribution in [0.15, 0.2) is 146 Å². The molecule has 0 aliphatic heterocycles. The molecule has 0 aromatic carbocycles. The Labute approximate surface area is 376 Å². The van der Waals surface area contributed by atoms with Crippen molar-refractivity contribution in [3.8, 4) is 0 Å². The number of esters is 2. The predicted octanol–water partition coefficient (Wildman–Crippen LogP) is 11.6. The molecule has 62 heavy (non-hydrogen) atoms. The summed E-state index contributed by atoms with van der Waals surface area (Å²) in [6.45, 7) is 4.27. The average Bonchev–Trinajstić information content (AvgIpc) is 3.23. The molecule has 0 heterocycles. The SMILES string of the molecule is CC/C=C/C=C/C=C/C=C/C=C/C=C/CCCCCC(=O)OC(COCCC(C(=O)[O-])[N+](C)(C)C)COC(=O)CCCC/C=C/C/C=C/C/C=C/C/C=C/C/C=C/C/C=C/CC. The van der Waals surface area contributed by atoms with Gasteiger partial charge in [0.1, 0.15) is 12.6 Å². The highest BCUT2D eigenvalue weighted by molar-refractivity contribution is 5.70. The number of rotatable bonds is 38. The Morgan fingerprint density at radius 2 is 0.935 bits per heavy atom. The largest absolute Gasteiger partial charge is 0.544 e. The van der Waals surface area contributed by atoms with Gasteiger partial charge in [-0.2, -0.15) is 0 Å². The third kappa shape index (κ3) is 40.6. The first kappa shape index (κ1) is 57.2. The van der Waals surface area contributed by atoms with Crippen LogP contribution < -0.4 is 5.11 Å². The zero-order valence-corrected chi connectivity index (χ0v) is 39.0. The Bertz CT molecular complexity index is 1510. The third-order valence-corrected chi connectivity index (χ3v) is 9.13. The van der Waals surface area contributed by atoms with Crippen LogP contribution in [0.2, 0.25) is 0 Å². The maximum atomic E-state index is 12.7. The number of ether oxygens (including phenoxy) is 3. The van der Waals surface area contributed by atoms with Gasteiger partial charge < -0.3 is 28.6 Å². The van der Waals surface area contributed by atoms with Crippen LogP contribution in [-0.4, -0.2) is 75.5 Å². The lowest BCUT2D eigenvalue weighted by Gasteiger charge is -2.34. The van der Waals surface area contributed by atoms with Crippen molar-refractivity contribution in [3.63, 3.8) is 0 Å². The number of aliphatic carboxylic acids is 1. The zero-order valence-electron chi connectivity index (χ0n) is 39.0. The van der Waals surface area contributed by atoms with Crippen molar-refractivity contribution in [1.29, 1.82) is 0 Å². The molecule has 0 N–H and O–H groups in total. The number of quaternary nitrogens is 1. The van der Waals surface area contributed by atoms with E-state index in [0.29, 0.717) is 12.8 Å². The summed E-state index contributed by atoms with van der Waals surface area (Å²) in [5.41, 5.74) is 0. The third-order valence-electron chi connectivity index (χ3n) is 9.13. The standard InChI is InChI=1S/C54H81NO7/c1-6-8-10-12-14-16-18-20-22-24-25-26-27-29-30-32-34-36-38-40-42-44-52(56)61-49-50(48-60-47-46-51(54(58)59)55(3,4)5)62-53(57)45-43-41-39-37-35-33-31-28-23-21-19-17-15-13-11-9-7-2/h8-11,13-17,19-23,25-26,28-31,33-36,50-51H,6-7,12,18,24,27,32,37-49H2,1-5H3/b10-8+,11-9+,15-13+,16-14+,19-17+,22-20+,23-21+,26-25+,30-29+,31-28+,35-33+,36-34+. The number of carboxylic acid groups (broad SMARTS) is 1. The first-order valence-corrected chi connectivity index (χ1v) is 22.9. The highest BCUT2D eigenvalue weighted by atomic mass is 16.6. The van der Waals surface area contributed by atoms with Crippen molar-refractivity contribution in [2.75, 3.05) is 41.0 Å². The lowest BCUT2D eigenvalue weighted by atomic mass is 10.1. The molecule has 8 heteroatoms. The average molecular weight is 856 g/mol. The van der Waals surface area contributed by atoms with Gasteiger partial charge in [0.2, 0.25) is 0 Å². The molecule has 0 radical (unpaired) electrons. The maximum Gasteiger partial charge on any atom is 0.306 e. The first-order chi connectivity index (χ1) is 30.1. The number of nitrogens with zero attached hydrogens (tertiary/aromatic N) is 1. The molecule has 0 amide bonds. The highest BCUT2D eigenvalue weighted by Gasteiger charge is 2.25. The molecule has 0 spiro atoms. The Kier molecular flexibility index (Phi) is 39.6. The van der Waals surface area contributed by atoms with E-state index in [1.165, 1.54) is 0 Å². The molecule has 0 saturated heterocycles. The zero-order chi connectivity index (χ0) is 45.6. The number of hydrogen-bond donors (Lipinski definition) is 0. The minimum Gasteiger partial charge on any atom is -0.544 e. The lowest BCUT2D eigenvalue weighted by Crippen LogP contribution is -2.55. The summed E-state index contributed by atoms with van der Waals surface area (Å²) in [6, 6.07) is -0.752. The molecule has 2 atom stereocenters. The Morgan fingerprint density at radius 1 is 0.500 bits per heavy atom. The summed E-state index contributed by atoms with van der Waals surface area (Å²) >= 11 is 0. The second kappa shape index (κ2) is 42.9. The van der Waals surface area contributed by atoms with E-state index in [-0.39, 0.29) is 55.5 Å². The van der Waals surface area contributed by atoms with Crippen LogP contribution in [0.1, 0.15) is 123 Å². The van der Waals surface area contributed by atoms with Crippen LogP contribution in [0.3, 0.4) is 0 Å². The fraction of sp³-hybridized carbons (Fsp3) is 0.500. The van der Waals surface area contributed by atoms with Crippen molar-refractivity contribution < 1.29 is 38.2 Å². The minimum atomic E-state index is -1.15. The minimum absolute atomic E-state index is 0.00387. The molecular formula is C54H81NO7. The summed E-state index contributed by atoms with van der Waals surface area (Å²) in [6.07, 6.45) is 63.0. The molecule has 0 rings (SSSR count). The van der Waals surface area contributed by atoms with Crippen LogP contribution in [0, 0.1) is 0 Å². The van der Waals surface area contributed by atoms with Crippen LogP contribution in [0.5, 0.6) is 0 Å². The molecule has 0 aromatic heterocycles. The van der Waals surface area contributed by atoms with Crippen molar-refractivity contribution in [2.24, 2.45) is 0 Å². The molecule has 0 fully saturated rings. The Hall–Kier alpha value is -4.79. The highest BCUT2D eigenvalue weighted by Crippen LogP contribution is 2.11. The van der Waals surface area contributed by atoms with Crippen LogP contribution >= 0.6 is 0 Å². The second-order valence-corrected chi connectivity index (χ2v) is 15.7. The van der Waals surface area contributed by atoms with E-state index in [1.807, 2.05) is 60.8 Å². The van der Waals surface area contributed by atoms with Crippen molar-refractivity contribution in [1.82, 2.24) is 0 Å². The van der Waals surface area contributed by atoms with E-state index in [9.17, 15) is 19.5 Å². The molecule has 0 aliphatic carbocycles. The van der Waals surface area contributed by atoms with E-state index in [1.54, 1.807) is 21.1 Å². The molecule has 0 bridgehead atoms. The number of unbranched alkanes of at least 4 members (excludes halogenated alkanes) is 5. The van der Waals surface area contributed by atoms with Crippen LogP contribution in [0.4, 0.5) is 0 Å². The number of hydrogen-bond acceptors (Lipinski definition) is 7. The van der Waals surface area contributed by atoms with Gasteiger partial charge in [0.15, 0.2) is 6.10 Å². The fourth-order valence-electron chi connectivity index (χ4n) is 5.63. The summed E-state index contributed by atoms with van der Waals surface area (Å²) in [4.78, 5) is 36.9. The van der Waals surface area contributed by atoms with Crippen LogP contribution in [-0.2, 0) is 28.6 Å². The van der Waals surface area contributed by atoms with Gasteiger partial charge >= 0.3 is 11.9 Å². The quantitative estimate of drug-likeness (QED) is 0.0200. The number of carbonyl (C=O) groups excluding carboxylic acids is 3. The molecule has 8 nitrogen and oxygen atoms in total. The number of carboxylic acids is 1. The molecule has 0 saturated carbocycles. The van der Waals surface area contributed by atoms with Gasteiger partial charge in [-0.05, 0) is 83.5 Å².